The Morgan fingerprint density at radius 2 is 1.22 bits per heavy atom. The third-order valence-corrected chi connectivity index (χ3v) is 8.51. The van der Waals surface area contributed by atoms with Gasteiger partial charge in [-0.3, -0.25) is 15.0 Å². The van der Waals surface area contributed by atoms with Crippen LogP contribution in [0.2, 0.25) is 0 Å². The van der Waals surface area contributed by atoms with E-state index in [9.17, 15) is 0 Å². The molecular weight excluding hydrogens is 791 g/mol. The van der Waals surface area contributed by atoms with Gasteiger partial charge in [0.1, 0.15) is 0 Å². The van der Waals surface area contributed by atoms with Gasteiger partial charge in [0.05, 0.1) is 0 Å². The van der Waals surface area contributed by atoms with E-state index in [1.54, 1.807) is 0 Å². The maximum absolute atomic E-state index is 4.75. The Labute approximate surface area is 307 Å². The van der Waals surface area contributed by atoms with Gasteiger partial charge in [0.25, 0.3) is 0 Å². The SMILES string of the molecule is CC(C)(C)c1cc(-c2nccc3ccccc23)[c-]c(-c2nccc3ccccc23)c1.Cc1c[c-]c(-c2cccc(-c3cc(C)n[n-]3)n2)cc1.[Ir+3]. The molecule has 5 nitrogen and oxygen atoms in total. The molecule has 0 spiro atoms. The van der Waals surface area contributed by atoms with Gasteiger partial charge in [0, 0.05) is 35.2 Å². The van der Waals surface area contributed by atoms with E-state index in [0.29, 0.717) is 0 Å². The summed E-state index contributed by atoms with van der Waals surface area (Å²) in [4.78, 5) is 14.1. The van der Waals surface area contributed by atoms with Gasteiger partial charge in [-0.25, -0.2) is 0 Å². The molecule has 6 heteroatoms. The molecule has 4 aromatic heterocycles. The molecule has 0 aliphatic carbocycles. The van der Waals surface area contributed by atoms with Crippen LogP contribution in [0, 0.1) is 26.0 Å². The Kier molecular flexibility index (Phi) is 10.1. The van der Waals surface area contributed by atoms with Crippen LogP contribution in [0.5, 0.6) is 0 Å². The van der Waals surface area contributed by atoms with Crippen molar-refractivity contribution in [1.82, 2.24) is 25.1 Å². The molecule has 0 saturated heterocycles. The van der Waals surface area contributed by atoms with Crippen molar-refractivity contribution >= 4 is 21.5 Å². The summed E-state index contributed by atoms with van der Waals surface area (Å²) in [6.07, 6.45) is 3.76. The predicted octanol–water partition coefficient (Wildman–Crippen LogP) is 10.4. The van der Waals surface area contributed by atoms with Crippen molar-refractivity contribution in [1.29, 1.82) is 0 Å². The topological polar surface area (TPSA) is 65.7 Å². The molecule has 8 aromatic rings. The van der Waals surface area contributed by atoms with Gasteiger partial charge >= 0.3 is 20.1 Å². The molecule has 246 valence electrons. The van der Waals surface area contributed by atoms with Gasteiger partial charge in [0.2, 0.25) is 0 Å². The van der Waals surface area contributed by atoms with E-state index in [-0.39, 0.29) is 25.5 Å². The van der Waals surface area contributed by atoms with Crippen molar-refractivity contribution < 1.29 is 20.1 Å². The maximum atomic E-state index is 4.75. The fourth-order valence-electron chi connectivity index (χ4n) is 5.83. The van der Waals surface area contributed by atoms with Crippen molar-refractivity contribution in [2.45, 2.75) is 40.0 Å². The third kappa shape index (κ3) is 7.47. The summed E-state index contributed by atoms with van der Waals surface area (Å²) in [5, 5.41) is 12.8. The summed E-state index contributed by atoms with van der Waals surface area (Å²) in [5.41, 5.74) is 10.8. The summed E-state index contributed by atoms with van der Waals surface area (Å²) >= 11 is 0. The van der Waals surface area contributed by atoms with E-state index >= 15 is 0 Å². The number of hydrogen-bond donors (Lipinski definition) is 0. The summed E-state index contributed by atoms with van der Waals surface area (Å²) in [6, 6.07) is 46.1. The van der Waals surface area contributed by atoms with Crippen molar-refractivity contribution in [3.8, 4) is 45.2 Å². The Bertz CT molecular complexity index is 2300. The fourth-order valence-corrected chi connectivity index (χ4v) is 5.83. The Morgan fingerprint density at radius 1 is 0.620 bits per heavy atom. The van der Waals surface area contributed by atoms with E-state index in [1.807, 2.05) is 62.6 Å². The van der Waals surface area contributed by atoms with E-state index in [2.05, 4.69) is 127 Å². The first-order valence-corrected chi connectivity index (χ1v) is 16.4. The molecule has 4 aromatic carbocycles. The zero-order valence-corrected chi connectivity index (χ0v) is 31.1. The average Bonchev–Trinajstić information content (AvgIpc) is 3.57. The van der Waals surface area contributed by atoms with Crippen molar-refractivity contribution in [2.24, 2.45) is 0 Å². The number of hydrogen-bond acceptors (Lipinski definition) is 4. The van der Waals surface area contributed by atoms with Gasteiger partial charge < -0.3 is 10.2 Å². The number of nitrogens with zero attached hydrogens (tertiary/aromatic N) is 5. The summed E-state index contributed by atoms with van der Waals surface area (Å²) in [7, 11) is 0. The first-order valence-electron chi connectivity index (χ1n) is 16.4. The van der Waals surface area contributed by atoms with E-state index < -0.39 is 0 Å². The van der Waals surface area contributed by atoms with Crippen LogP contribution in [0.3, 0.4) is 0 Å². The molecule has 0 saturated carbocycles. The third-order valence-electron chi connectivity index (χ3n) is 8.51. The molecular formula is C44H36IrN5. The minimum atomic E-state index is -0.00618. The molecule has 4 heterocycles. The van der Waals surface area contributed by atoms with Gasteiger partial charge in [-0.2, -0.15) is 0 Å². The van der Waals surface area contributed by atoms with Crippen molar-refractivity contribution in [2.75, 3.05) is 0 Å². The summed E-state index contributed by atoms with van der Waals surface area (Å²) < 4.78 is 0. The van der Waals surface area contributed by atoms with Crippen LogP contribution in [-0.4, -0.2) is 20.1 Å². The monoisotopic (exact) mass is 827 g/mol. The van der Waals surface area contributed by atoms with Crippen LogP contribution in [0.4, 0.5) is 0 Å². The fraction of sp³-hybridized carbons (Fsp3) is 0.136. The zero-order chi connectivity index (χ0) is 34.0. The molecule has 0 unspecified atom stereocenters. The molecule has 0 radical (unpaired) electrons. The van der Waals surface area contributed by atoms with Crippen LogP contribution < -0.4 is 5.10 Å². The maximum Gasteiger partial charge on any atom is 3.00 e. The Morgan fingerprint density at radius 3 is 1.76 bits per heavy atom. The number of fused-ring (bicyclic) bond motifs is 2. The van der Waals surface area contributed by atoms with Gasteiger partial charge in [0.15, 0.2) is 0 Å². The number of benzene rings is 4. The van der Waals surface area contributed by atoms with Crippen LogP contribution in [-0.2, 0) is 25.5 Å². The second kappa shape index (κ2) is 14.7. The molecule has 8 rings (SSSR count). The van der Waals surface area contributed by atoms with Gasteiger partial charge in [-0.1, -0.05) is 111 Å². The van der Waals surface area contributed by atoms with Gasteiger partial charge in [-0.15, -0.1) is 59.2 Å². The van der Waals surface area contributed by atoms with Crippen molar-refractivity contribution in [3.63, 3.8) is 0 Å². The number of rotatable bonds is 4. The first kappa shape index (κ1) is 34.6. The normalized spacial score (nSPS) is 11.1. The minimum Gasteiger partial charge on any atom is -0.574 e. The smallest absolute Gasteiger partial charge is 0.574 e. The standard InChI is InChI=1S/C28H23N2.C16H13N3.Ir/c1-28(2,3)23-17-21(26-24-10-6-4-8-19(24)12-14-29-26)16-22(18-23)27-25-11-7-5-9-20(25)13-15-30-27;1-11-6-8-13(9-7-11)14-4-3-5-15(17-14)16-10-12(2)18-19-16;/h4-15,17-18H,1-3H3;3-8,10H,1-2H3;/q-1;-2;+3. The predicted molar refractivity (Wildman–Crippen MR) is 200 cm³/mol. The van der Waals surface area contributed by atoms with Crippen LogP contribution in [0.25, 0.3) is 66.7 Å². The second-order valence-electron chi connectivity index (χ2n) is 13.3. The van der Waals surface area contributed by atoms with E-state index in [4.69, 9.17) is 9.97 Å². The minimum absolute atomic E-state index is 0. The molecule has 0 bridgehead atoms. The van der Waals surface area contributed by atoms with Crippen LogP contribution >= 0.6 is 0 Å². The summed E-state index contributed by atoms with van der Waals surface area (Å²) in [6.45, 7) is 10.7. The molecule has 50 heavy (non-hydrogen) atoms. The van der Waals surface area contributed by atoms with E-state index in [0.717, 1.165) is 61.6 Å². The second-order valence-corrected chi connectivity index (χ2v) is 13.3. The number of aromatic nitrogens is 5. The Hall–Kier alpha value is -5.29. The average molecular weight is 827 g/mol. The number of aryl methyl sites for hydroxylation is 2. The molecule has 0 aliphatic rings. The van der Waals surface area contributed by atoms with E-state index in [1.165, 1.54) is 21.9 Å². The molecule has 0 aliphatic heterocycles. The quantitative estimate of drug-likeness (QED) is 0.165. The molecule has 0 atom stereocenters. The molecule has 0 N–H and O–H groups in total. The molecule has 0 amide bonds. The Balaban J connectivity index is 0.000000187. The largest absolute Gasteiger partial charge is 3.00 e. The van der Waals surface area contributed by atoms with Crippen LogP contribution in [0.1, 0.15) is 37.6 Å². The number of pyridine rings is 3. The van der Waals surface area contributed by atoms with Crippen LogP contribution in [0.15, 0.2) is 128 Å². The molecule has 0 fully saturated rings. The van der Waals surface area contributed by atoms with Gasteiger partial charge in [-0.05, 0) is 57.8 Å². The zero-order valence-electron chi connectivity index (χ0n) is 28.7. The summed E-state index contributed by atoms with van der Waals surface area (Å²) in [5.74, 6) is 0. The van der Waals surface area contributed by atoms with Crippen molar-refractivity contribution in [3.05, 3.63) is 157 Å². The first-order chi connectivity index (χ1) is 23.7.